The first-order chi connectivity index (χ1) is 7.19. The van der Waals surface area contributed by atoms with Crippen LogP contribution in [0.4, 0.5) is 0 Å². The molecule has 0 saturated heterocycles. The second-order valence-electron chi connectivity index (χ2n) is 3.10. The molecule has 0 aliphatic carbocycles. The van der Waals surface area contributed by atoms with Gasteiger partial charge in [0, 0.05) is 7.05 Å². The molecule has 2 rings (SSSR count). The zero-order chi connectivity index (χ0) is 11.0. The highest BCUT2D eigenvalue weighted by Crippen LogP contribution is 2.18. The monoisotopic (exact) mass is 196 g/mol. The van der Waals surface area contributed by atoms with Gasteiger partial charge in [-0.05, 0) is 18.8 Å². The van der Waals surface area contributed by atoms with Crippen molar-refractivity contribution in [1.82, 2.24) is 19.7 Å². The number of nitrogens with zero attached hydrogens (tertiary/aromatic N) is 4. The minimum atomic E-state index is 0.424. The number of hydrogen-bond acceptors (Lipinski definition) is 3. The number of hydrogen-bond donors (Lipinski definition) is 0. The molecular weight excluding hydrogens is 188 g/mol. The molecule has 2 aromatic rings. The fourth-order valence-corrected chi connectivity index (χ4v) is 1.44. The molecular formula is C11H8N4. The third-order valence-electron chi connectivity index (χ3n) is 2.29. The smallest absolute Gasteiger partial charge is 0.163 e. The number of aromatic nitrogens is 4. The molecule has 0 aliphatic rings. The summed E-state index contributed by atoms with van der Waals surface area (Å²) in [5, 5.41) is 7.73. The molecule has 15 heavy (non-hydrogen) atoms. The van der Waals surface area contributed by atoms with E-state index in [9.17, 15) is 0 Å². The van der Waals surface area contributed by atoms with Gasteiger partial charge in [-0.3, -0.25) is 0 Å². The van der Waals surface area contributed by atoms with Crippen molar-refractivity contribution >= 4 is 11.0 Å². The van der Waals surface area contributed by atoms with E-state index in [1.807, 2.05) is 18.5 Å². The molecule has 0 fully saturated rings. The largest absolute Gasteiger partial charge is 0.329 e. The van der Waals surface area contributed by atoms with Gasteiger partial charge < -0.3 is 4.57 Å². The molecule has 4 nitrogen and oxygen atoms in total. The molecule has 0 bridgehead atoms. The second-order valence-corrected chi connectivity index (χ2v) is 3.10. The number of terminal acetylenes is 2. The molecule has 0 atom stereocenters. The predicted octanol–water partition coefficient (Wildman–Crippen LogP) is 0.634. The minimum absolute atomic E-state index is 0.424. The first-order valence-electron chi connectivity index (χ1n) is 4.32. The van der Waals surface area contributed by atoms with E-state index in [0.717, 1.165) is 11.3 Å². The molecule has 4 heteroatoms. The van der Waals surface area contributed by atoms with Crippen LogP contribution in [-0.4, -0.2) is 19.7 Å². The van der Waals surface area contributed by atoms with E-state index in [1.165, 1.54) is 0 Å². The summed E-state index contributed by atoms with van der Waals surface area (Å²) >= 11 is 0. The Morgan fingerprint density at radius 2 is 1.73 bits per heavy atom. The Hall–Kier alpha value is -2.33. The Morgan fingerprint density at radius 3 is 2.33 bits per heavy atom. The van der Waals surface area contributed by atoms with E-state index in [0.29, 0.717) is 16.9 Å². The maximum absolute atomic E-state index is 5.34. The van der Waals surface area contributed by atoms with Crippen molar-refractivity contribution < 1.29 is 0 Å². The molecule has 0 unspecified atom stereocenters. The molecule has 0 amide bonds. The lowest BCUT2D eigenvalue weighted by Gasteiger charge is -1.98. The van der Waals surface area contributed by atoms with Gasteiger partial charge in [0.15, 0.2) is 11.4 Å². The number of fused-ring (bicyclic) bond motifs is 1. The van der Waals surface area contributed by atoms with E-state index in [1.54, 1.807) is 0 Å². The van der Waals surface area contributed by atoms with Gasteiger partial charge in [0.05, 0.1) is 0 Å². The maximum Gasteiger partial charge on any atom is 0.163 e. The lowest BCUT2D eigenvalue weighted by Crippen LogP contribution is -1.98. The zero-order valence-electron chi connectivity index (χ0n) is 8.44. The standard InChI is InChI=1S/C11H8N4/c1-5-8-10-11(9(6-2)14-13-8)15(4)7(3)12-10/h1-2H,3-4H3. The van der Waals surface area contributed by atoms with Crippen molar-refractivity contribution in [3.05, 3.63) is 17.2 Å². The Bertz CT molecular complexity index is 623. The van der Waals surface area contributed by atoms with E-state index in [2.05, 4.69) is 27.0 Å². The van der Waals surface area contributed by atoms with E-state index < -0.39 is 0 Å². The van der Waals surface area contributed by atoms with Gasteiger partial charge in [0.1, 0.15) is 16.9 Å². The van der Waals surface area contributed by atoms with Crippen LogP contribution >= 0.6 is 0 Å². The lowest BCUT2D eigenvalue weighted by molar-refractivity contribution is 0.879. The summed E-state index contributed by atoms with van der Waals surface area (Å²) in [4.78, 5) is 4.31. The summed E-state index contributed by atoms with van der Waals surface area (Å²) < 4.78 is 1.86. The molecule has 0 spiro atoms. The summed E-state index contributed by atoms with van der Waals surface area (Å²) in [7, 11) is 1.87. The van der Waals surface area contributed by atoms with Crippen molar-refractivity contribution in [2.24, 2.45) is 7.05 Å². The molecule has 2 heterocycles. The van der Waals surface area contributed by atoms with Crippen LogP contribution in [0.15, 0.2) is 0 Å². The molecule has 0 aromatic carbocycles. The van der Waals surface area contributed by atoms with Gasteiger partial charge in [0.25, 0.3) is 0 Å². The topological polar surface area (TPSA) is 43.6 Å². The average molecular weight is 196 g/mol. The van der Waals surface area contributed by atoms with Crippen LogP contribution in [0.5, 0.6) is 0 Å². The summed E-state index contributed by atoms with van der Waals surface area (Å²) in [5.74, 6) is 5.74. The van der Waals surface area contributed by atoms with Crippen LogP contribution in [0.25, 0.3) is 11.0 Å². The summed E-state index contributed by atoms with van der Waals surface area (Å²) in [6.45, 7) is 1.88. The van der Waals surface area contributed by atoms with Gasteiger partial charge in [-0.2, -0.15) is 0 Å². The van der Waals surface area contributed by atoms with Crippen molar-refractivity contribution in [1.29, 1.82) is 0 Å². The molecule has 0 N–H and O–H groups in total. The van der Waals surface area contributed by atoms with Crippen LogP contribution in [0.3, 0.4) is 0 Å². The Morgan fingerprint density at radius 1 is 1.13 bits per heavy atom. The lowest BCUT2D eigenvalue weighted by atomic mass is 10.3. The molecule has 2 aromatic heterocycles. The number of aryl methyl sites for hydroxylation is 2. The van der Waals surface area contributed by atoms with Gasteiger partial charge in [0.2, 0.25) is 0 Å². The summed E-state index contributed by atoms with van der Waals surface area (Å²) in [6, 6.07) is 0. The van der Waals surface area contributed by atoms with E-state index in [4.69, 9.17) is 12.8 Å². The number of rotatable bonds is 0. The van der Waals surface area contributed by atoms with Crippen LogP contribution < -0.4 is 0 Å². The summed E-state index contributed by atoms with van der Waals surface area (Å²) in [6.07, 6.45) is 10.7. The zero-order valence-corrected chi connectivity index (χ0v) is 8.44. The van der Waals surface area contributed by atoms with E-state index in [-0.39, 0.29) is 0 Å². The predicted molar refractivity (Wildman–Crippen MR) is 56.9 cm³/mol. The van der Waals surface area contributed by atoms with Gasteiger partial charge in [-0.25, -0.2) is 4.98 Å². The Labute approximate surface area is 87.3 Å². The first kappa shape index (κ1) is 9.23. The maximum atomic E-state index is 5.34. The first-order valence-corrected chi connectivity index (χ1v) is 4.32. The second kappa shape index (κ2) is 3.11. The third-order valence-corrected chi connectivity index (χ3v) is 2.29. The van der Waals surface area contributed by atoms with Crippen molar-refractivity contribution in [2.45, 2.75) is 6.92 Å². The average Bonchev–Trinajstić information content (AvgIpc) is 2.55. The van der Waals surface area contributed by atoms with Crippen molar-refractivity contribution in [2.75, 3.05) is 0 Å². The molecule has 0 saturated carbocycles. The van der Waals surface area contributed by atoms with Gasteiger partial charge >= 0.3 is 0 Å². The van der Waals surface area contributed by atoms with Crippen LogP contribution in [-0.2, 0) is 7.05 Å². The highest BCUT2D eigenvalue weighted by atomic mass is 15.2. The normalized spacial score (nSPS) is 9.87. The Balaban J connectivity index is 3.03. The van der Waals surface area contributed by atoms with Crippen LogP contribution in [0.2, 0.25) is 0 Å². The highest BCUT2D eigenvalue weighted by molar-refractivity contribution is 5.84. The van der Waals surface area contributed by atoms with Crippen molar-refractivity contribution in [3.63, 3.8) is 0 Å². The quantitative estimate of drug-likeness (QED) is 0.580. The van der Waals surface area contributed by atoms with E-state index >= 15 is 0 Å². The van der Waals surface area contributed by atoms with Crippen LogP contribution in [0, 0.1) is 31.6 Å². The van der Waals surface area contributed by atoms with Gasteiger partial charge in [-0.15, -0.1) is 23.0 Å². The van der Waals surface area contributed by atoms with Crippen molar-refractivity contribution in [3.8, 4) is 24.7 Å². The fourth-order valence-electron chi connectivity index (χ4n) is 1.44. The molecule has 72 valence electrons. The number of imidazole rings is 1. The highest BCUT2D eigenvalue weighted by Gasteiger charge is 2.13. The fraction of sp³-hybridized carbons (Fsp3) is 0.182. The summed E-state index contributed by atoms with van der Waals surface area (Å²) in [5.41, 5.74) is 2.29. The molecule has 0 aliphatic heterocycles. The minimum Gasteiger partial charge on any atom is -0.329 e. The third kappa shape index (κ3) is 1.16. The van der Waals surface area contributed by atoms with Gasteiger partial charge in [-0.1, -0.05) is 0 Å². The van der Waals surface area contributed by atoms with Crippen LogP contribution in [0.1, 0.15) is 17.2 Å². The SMILES string of the molecule is C#Cc1nnc(C#C)c2c1nc(C)n2C. The Kier molecular flexibility index (Phi) is 1.91. The molecule has 0 radical (unpaired) electrons.